The molecule has 3 saturated heterocycles. The fourth-order valence-electron chi connectivity index (χ4n) is 4.54. The van der Waals surface area contributed by atoms with E-state index in [0.29, 0.717) is 4.75 Å². The normalized spacial score (nSPS) is 43.6. The van der Waals surface area contributed by atoms with Crippen molar-refractivity contribution in [1.82, 2.24) is 10.2 Å². The van der Waals surface area contributed by atoms with Crippen LogP contribution in [0.5, 0.6) is 0 Å². The van der Waals surface area contributed by atoms with Crippen molar-refractivity contribution < 1.29 is 0 Å². The lowest BCUT2D eigenvalue weighted by Crippen LogP contribution is -2.58. The zero-order valence-electron chi connectivity index (χ0n) is 12.7. The molecule has 0 aromatic carbocycles. The van der Waals surface area contributed by atoms with Crippen LogP contribution < -0.4 is 5.32 Å². The summed E-state index contributed by atoms with van der Waals surface area (Å²) in [6, 6.07) is 2.53. The van der Waals surface area contributed by atoms with Gasteiger partial charge in [-0.2, -0.15) is 11.8 Å². The first-order valence-corrected chi connectivity index (χ1v) is 9.32. The van der Waals surface area contributed by atoms with Crippen molar-refractivity contribution in [3.05, 3.63) is 0 Å². The third-order valence-corrected chi connectivity index (χ3v) is 6.96. The number of nitrogens with zero attached hydrogens (tertiary/aromatic N) is 1. The van der Waals surface area contributed by atoms with Gasteiger partial charge in [-0.15, -0.1) is 0 Å². The summed E-state index contributed by atoms with van der Waals surface area (Å²) >= 11 is 2.23. The molecule has 0 aliphatic carbocycles. The molecule has 0 amide bonds. The summed E-state index contributed by atoms with van der Waals surface area (Å²) in [6.07, 6.45) is 10.0. The Labute approximate surface area is 123 Å². The molecule has 0 radical (unpaired) electrons. The van der Waals surface area contributed by atoms with Crippen molar-refractivity contribution >= 4 is 11.8 Å². The van der Waals surface area contributed by atoms with Crippen LogP contribution >= 0.6 is 11.8 Å². The lowest BCUT2D eigenvalue weighted by Gasteiger charge is -2.51. The van der Waals surface area contributed by atoms with Crippen molar-refractivity contribution in [1.29, 1.82) is 0 Å². The molecule has 2 nitrogen and oxygen atoms in total. The first-order chi connectivity index (χ1) is 9.20. The Morgan fingerprint density at radius 3 is 2.53 bits per heavy atom. The molecule has 110 valence electrons. The maximum Gasteiger partial charge on any atom is 0.0259 e. The summed E-state index contributed by atoms with van der Waals surface area (Å²) in [5.74, 6) is 1.39. The molecule has 3 heteroatoms. The van der Waals surface area contributed by atoms with Gasteiger partial charge in [0.15, 0.2) is 0 Å². The summed E-state index contributed by atoms with van der Waals surface area (Å²) < 4.78 is 0.554. The highest BCUT2D eigenvalue weighted by Crippen LogP contribution is 2.42. The Morgan fingerprint density at radius 2 is 1.95 bits per heavy atom. The van der Waals surface area contributed by atoms with Crippen molar-refractivity contribution in [2.24, 2.45) is 0 Å². The summed E-state index contributed by atoms with van der Waals surface area (Å²) in [5, 5.41) is 3.70. The third kappa shape index (κ3) is 3.14. The van der Waals surface area contributed by atoms with Gasteiger partial charge in [-0.1, -0.05) is 13.3 Å². The van der Waals surface area contributed by atoms with Crippen LogP contribution in [0.3, 0.4) is 0 Å². The number of hydrogen-bond donors (Lipinski definition) is 1. The fraction of sp³-hybridized carbons (Fsp3) is 1.00. The van der Waals surface area contributed by atoms with Crippen molar-refractivity contribution in [2.75, 3.05) is 18.8 Å². The maximum absolute atomic E-state index is 3.70. The highest BCUT2D eigenvalue weighted by molar-refractivity contribution is 8.00. The average Bonchev–Trinajstić information content (AvgIpc) is 2.77. The van der Waals surface area contributed by atoms with E-state index in [-0.39, 0.29) is 0 Å². The van der Waals surface area contributed by atoms with E-state index in [1.54, 1.807) is 0 Å². The minimum atomic E-state index is 0.554. The second-order valence-corrected chi connectivity index (χ2v) is 8.72. The van der Waals surface area contributed by atoms with Gasteiger partial charge >= 0.3 is 0 Å². The van der Waals surface area contributed by atoms with Gasteiger partial charge in [0.05, 0.1) is 0 Å². The van der Waals surface area contributed by atoms with Gasteiger partial charge in [-0.05, 0) is 57.7 Å². The molecule has 3 fully saturated rings. The predicted octanol–water partition coefficient (Wildman–Crippen LogP) is 3.27. The number of hydrogen-bond acceptors (Lipinski definition) is 3. The molecule has 3 heterocycles. The molecule has 2 bridgehead atoms. The number of piperidine rings is 2. The van der Waals surface area contributed by atoms with Crippen molar-refractivity contribution in [2.45, 2.75) is 81.7 Å². The highest BCUT2D eigenvalue weighted by Gasteiger charge is 2.42. The summed E-state index contributed by atoms with van der Waals surface area (Å²) in [5.41, 5.74) is 0. The largest absolute Gasteiger partial charge is 0.314 e. The Morgan fingerprint density at radius 1 is 1.21 bits per heavy atom. The molecule has 3 aliphatic heterocycles. The van der Waals surface area contributed by atoms with Crippen LogP contribution in [0.15, 0.2) is 0 Å². The Balaban J connectivity index is 1.65. The first kappa shape index (κ1) is 14.2. The second kappa shape index (κ2) is 5.95. The van der Waals surface area contributed by atoms with E-state index in [1.807, 2.05) is 0 Å². The molecule has 3 unspecified atom stereocenters. The van der Waals surface area contributed by atoms with E-state index in [1.165, 1.54) is 57.2 Å². The van der Waals surface area contributed by atoms with Gasteiger partial charge in [0.1, 0.15) is 0 Å². The van der Waals surface area contributed by atoms with Crippen LogP contribution in [0.2, 0.25) is 0 Å². The third-order valence-electron chi connectivity index (χ3n) is 5.44. The van der Waals surface area contributed by atoms with Crippen molar-refractivity contribution in [3.8, 4) is 0 Å². The molecule has 3 atom stereocenters. The van der Waals surface area contributed by atoms with E-state index in [0.717, 1.165) is 24.7 Å². The van der Waals surface area contributed by atoms with Gasteiger partial charge in [0, 0.05) is 29.4 Å². The van der Waals surface area contributed by atoms with Crippen LogP contribution in [0.4, 0.5) is 0 Å². The number of thioether (sulfide) groups is 1. The summed E-state index contributed by atoms with van der Waals surface area (Å²) in [4.78, 5) is 2.91. The van der Waals surface area contributed by atoms with Crippen LogP contribution in [-0.4, -0.2) is 46.6 Å². The standard InChI is InChI=1S/C16H30N2S/c1-3-17-13-10-14-6-4-7-15(11-13)18(14)12-16(2)8-5-9-19-16/h13-15,17H,3-12H2,1-2H3. The Hall–Kier alpha value is 0.270. The van der Waals surface area contributed by atoms with Crippen LogP contribution in [0.1, 0.15) is 58.8 Å². The second-order valence-electron chi connectivity index (χ2n) is 7.04. The lowest BCUT2D eigenvalue weighted by molar-refractivity contribution is 0.0182. The van der Waals surface area contributed by atoms with Gasteiger partial charge in [-0.3, -0.25) is 4.90 Å². The van der Waals surface area contributed by atoms with Crippen LogP contribution in [0.25, 0.3) is 0 Å². The fourth-order valence-corrected chi connectivity index (χ4v) is 5.85. The van der Waals surface area contributed by atoms with Gasteiger partial charge in [-0.25, -0.2) is 0 Å². The number of fused-ring (bicyclic) bond motifs is 2. The molecular formula is C16H30N2S. The quantitative estimate of drug-likeness (QED) is 0.852. The molecule has 0 spiro atoms. The van der Waals surface area contributed by atoms with E-state index < -0.39 is 0 Å². The first-order valence-electron chi connectivity index (χ1n) is 8.33. The Kier molecular flexibility index (Phi) is 4.45. The van der Waals surface area contributed by atoms with E-state index in [4.69, 9.17) is 0 Å². The zero-order chi connectivity index (χ0) is 13.3. The molecule has 3 aliphatic rings. The average molecular weight is 282 g/mol. The van der Waals surface area contributed by atoms with Gasteiger partial charge in [0.25, 0.3) is 0 Å². The molecule has 0 saturated carbocycles. The molecule has 1 N–H and O–H groups in total. The molecule has 0 aromatic heterocycles. The monoisotopic (exact) mass is 282 g/mol. The van der Waals surface area contributed by atoms with Crippen molar-refractivity contribution in [3.63, 3.8) is 0 Å². The minimum Gasteiger partial charge on any atom is -0.314 e. The SMILES string of the molecule is CCNC1CC2CCCC(C1)N2CC1(C)CCCS1. The van der Waals surface area contributed by atoms with Gasteiger partial charge in [0.2, 0.25) is 0 Å². The smallest absolute Gasteiger partial charge is 0.0259 e. The summed E-state index contributed by atoms with van der Waals surface area (Å²) in [6.45, 7) is 7.25. The minimum absolute atomic E-state index is 0.554. The maximum atomic E-state index is 3.70. The van der Waals surface area contributed by atoms with E-state index >= 15 is 0 Å². The topological polar surface area (TPSA) is 15.3 Å². The lowest BCUT2D eigenvalue weighted by atomic mass is 9.81. The van der Waals surface area contributed by atoms with E-state index in [2.05, 4.69) is 35.8 Å². The van der Waals surface area contributed by atoms with Crippen LogP contribution in [-0.2, 0) is 0 Å². The Bertz CT molecular complexity index is 287. The number of rotatable bonds is 4. The molecule has 0 aromatic rings. The van der Waals surface area contributed by atoms with Gasteiger partial charge < -0.3 is 5.32 Å². The predicted molar refractivity (Wildman–Crippen MR) is 84.9 cm³/mol. The number of nitrogens with one attached hydrogen (secondary N) is 1. The molecule has 19 heavy (non-hydrogen) atoms. The molecule has 3 rings (SSSR count). The highest BCUT2D eigenvalue weighted by atomic mass is 32.2. The van der Waals surface area contributed by atoms with E-state index in [9.17, 15) is 0 Å². The summed E-state index contributed by atoms with van der Waals surface area (Å²) in [7, 11) is 0. The molecular weight excluding hydrogens is 252 g/mol. The zero-order valence-corrected chi connectivity index (χ0v) is 13.5. The van der Waals surface area contributed by atoms with Crippen LogP contribution in [0, 0.1) is 0 Å².